The molecule has 2 atom stereocenters. The lowest BCUT2D eigenvalue weighted by atomic mass is 9.99. The van der Waals surface area contributed by atoms with Crippen LogP contribution in [0.5, 0.6) is 0 Å². The molecule has 2 unspecified atom stereocenters. The Morgan fingerprint density at radius 3 is 2.40 bits per heavy atom. The molecule has 0 saturated carbocycles. The van der Waals surface area contributed by atoms with E-state index in [0.29, 0.717) is 19.6 Å². The predicted octanol–water partition coefficient (Wildman–Crippen LogP) is 3.08. The molecule has 0 spiro atoms. The summed E-state index contributed by atoms with van der Waals surface area (Å²) in [6.45, 7) is 7.33. The molecule has 0 aliphatic rings. The first-order chi connectivity index (χ1) is 9.52. The highest BCUT2D eigenvalue weighted by atomic mass is 16.5. The van der Waals surface area contributed by atoms with Crippen LogP contribution in [0.4, 0.5) is 0 Å². The van der Waals surface area contributed by atoms with Crippen LogP contribution in [0.2, 0.25) is 0 Å². The summed E-state index contributed by atoms with van der Waals surface area (Å²) in [5, 5.41) is 13.7. The highest BCUT2D eigenvalue weighted by molar-refractivity contribution is 5.25. The van der Waals surface area contributed by atoms with Crippen LogP contribution in [0.1, 0.15) is 50.8 Å². The molecule has 0 aliphatic carbocycles. The smallest absolute Gasteiger partial charge is 0.0765 e. The number of hydrogen-bond acceptors (Lipinski definition) is 3. The van der Waals surface area contributed by atoms with E-state index >= 15 is 0 Å². The largest absolute Gasteiger partial charge is 0.389 e. The molecule has 2 N–H and O–H groups in total. The summed E-state index contributed by atoms with van der Waals surface area (Å²) in [6.07, 6.45) is 2.71. The van der Waals surface area contributed by atoms with Crippen molar-refractivity contribution < 1.29 is 9.84 Å². The van der Waals surface area contributed by atoms with Gasteiger partial charge in [-0.1, -0.05) is 38.1 Å². The zero-order valence-corrected chi connectivity index (χ0v) is 13.3. The first-order valence-electron chi connectivity index (χ1n) is 7.56. The van der Waals surface area contributed by atoms with Crippen LogP contribution in [0.3, 0.4) is 0 Å². The van der Waals surface area contributed by atoms with Gasteiger partial charge in [0.2, 0.25) is 0 Å². The lowest BCUT2D eigenvalue weighted by Crippen LogP contribution is -2.40. The van der Waals surface area contributed by atoms with Crippen molar-refractivity contribution >= 4 is 0 Å². The summed E-state index contributed by atoms with van der Waals surface area (Å²) in [5.74, 6) is 0. The van der Waals surface area contributed by atoms with E-state index in [9.17, 15) is 5.11 Å². The van der Waals surface area contributed by atoms with Crippen LogP contribution in [0.25, 0.3) is 0 Å². The van der Waals surface area contributed by atoms with Gasteiger partial charge in [-0.15, -0.1) is 0 Å². The van der Waals surface area contributed by atoms with E-state index in [-0.39, 0.29) is 6.04 Å². The van der Waals surface area contributed by atoms with E-state index in [2.05, 4.69) is 43.4 Å². The maximum atomic E-state index is 10.3. The standard InChI is InChI=1S/C17H29NO2/c1-5-14-7-9-15(10-8-14)16(6-2)18-13-17(3,19)11-12-20-4/h7-10,16,18-19H,5-6,11-13H2,1-4H3. The van der Waals surface area contributed by atoms with Crippen molar-refractivity contribution in [2.75, 3.05) is 20.3 Å². The fourth-order valence-electron chi connectivity index (χ4n) is 2.24. The summed E-state index contributed by atoms with van der Waals surface area (Å²) in [7, 11) is 1.66. The van der Waals surface area contributed by atoms with Crippen LogP contribution >= 0.6 is 0 Å². The number of rotatable bonds is 9. The molecule has 3 heteroatoms. The van der Waals surface area contributed by atoms with Crippen molar-refractivity contribution in [1.82, 2.24) is 5.32 Å². The fourth-order valence-corrected chi connectivity index (χ4v) is 2.24. The van der Waals surface area contributed by atoms with Crippen molar-refractivity contribution in [3.8, 4) is 0 Å². The Labute approximate surface area is 123 Å². The number of nitrogens with one attached hydrogen (secondary N) is 1. The summed E-state index contributed by atoms with van der Waals surface area (Å²) < 4.78 is 5.03. The Hall–Kier alpha value is -0.900. The third-order valence-electron chi connectivity index (χ3n) is 3.77. The number of ether oxygens (including phenoxy) is 1. The number of hydrogen-bond donors (Lipinski definition) is 2. The maximum Gasteiger partial charge on any atom is 0.0765 e. The topological polar surface area (TPSA) is 41.5 Å². The van der Waals surface area contributed by atoms with Crippen LogP contribution in [-0.4, -0.2) is 31.0 Å². The van der Waals surface area contributed by atoms with Crippen LogP contribution < -0.4 is 5.32 Å². The van der Waals surface area contributed by atoms with Crippen molar-refractivity contribution in [2.45, 2.75) is 51.7 Å². The lowest BCUT2D eigenvalue weighted by molar-refractivity contribution is 0.0226. The van der Waals surface area contributed by atoms with Gasteiger partial charge in [-0.2, -0.15) is 0 Å². The molecule has 0 amide bonds. The van der Waals surface area contributed by atoms with E-state index in [1.807, 2.05) is 6.92 Å². The number of methoxy groups -OCH3 is 1. The SMILES string of the molecule is CCc1ccc(C(CC)NCC(C)(O)CCOC)cc1. The van der Waals surface area contributed by atoms with Gasteiger partial charge in [0.1, 0.15) is 0 Å². The third-order valence-corrected chi connectivity index (χ3v) is 3.77. The molecule has 1 aromatic carbocycles. The Bertz CT molecular complexity index is 373. The van der Waals surface area contributed by atoms with E-state index in [1.54, 1.807) is 7.11 Å². The van der Waals surface area contributed by atoms with Gasteiger partial charge in [0.05, 0.1) is 5.60 Å². The number of benzene rings is 1. The van der Waals surface area contributed by atoms with Crippen molar-refractivity contribution in [2.24, 2.45) is 0 Å². The minimum absolute atomic E-state index is 0.287. The molecule has 0 fully saturated rings. The van der Waals surface area contributed by atoms with Gasteiger partial charge >= 0.3 is 0 Å². The maximum absolute atomic E-state index is 10.3. The van der Waals surface area contributed by atoms with Crippen LogP contribution in [0.15, 0.2) is 24.3 Å². The van der Waals surface area contributed by atoms with Gasteiger partial charge < -0.3 is 15.2 Å². The zero-order valence-electron chi connectivity index (χ0n) is 13.3. The quantitative estimate of drug-likeness (QED) is 0.730. The third kappa shape index (κ3) is 5.61. The normalized spacial score (nSPS) is 15.8. The number of aryl methyl sites for hydroxylation is 1. The molecule has 114 valence electrons. The minimum atomic E-state index is -0.729. The van der Waals surface area contributed by atoms with Crippen LogP contribution in [0, 0.1) is 0 Å². The monoisotopic (exact) mass is 279 g/mol. The second-order valence-electron chi connectivity index (χ2n) is 5.68. The predicted molar refractivity (Wildman–Crippen MR) is 84.0 cm³/mol. The minimum Gasteiger partial charge on any atom is -0.389 e. The molecule has 1 aromatic rings. The molecule has 3 nitrogen and oxygen atoms in total. The molecule has 0 bridgehead atoms. The van der Waals surface area contributed by atoms with E-state index in [4.69, 9.17) is 4.74 Å². The number of aliphatic hydroxyl groups is 1. The summed E-state index contributed by atoms with van der Waals surface area (Å²) >= 11 is 0. The molecular formula is C17H29NO2. The van der Waals surface area contributed by atoms with E-state index in [0.717, 1.165) is 12.8 Å². The second-order valence-corrected chi connectivity index (χ2v) is 5.68. The first-order valence-corrected chi connectivity index (χ1v) is 7.56. The highest BCUT2D eigenvalue weighted by Crippen LogP contribution is 2.19. The van der Waals surface area contributed by atoms with Crippen molar-refractivity contribution in [3.63, 3.8) is 0 Å². The summed E-state index contributed by atoms with van der Waals surface area (Å²) in [6, 6.07) is 9.02. The van der Waals surface area contributed by atoms with Gasteiger partial charge in [0, 0.05) is 32.7 Å². The summed E-state index contributed by atoms with van der Waals surface area (Å²) in [5.41, 5.74) is 1.91. The Kier molecular flexibility index (Phi) is 7.20. The van der Waals surface area contributed by atoms with Gasteiger partial charge in [0.25, 0.3) is 0 Å². The second kappa shape index (κ2) is 8.40. The molecule has 0 aliphatic heterocycles. The van der Waals surface area contributed by atoms with Crippen molar-refractivity contribution in [1.29, 1.82) is 0 Å². The highest BCUT2D eigenvalue weighted by Gasteiger charge is 2.21. The Morgan fingerprint density at radius 2 is 1.90 bits per heavy atom. The molecule has 0 radical (unpaired) electrons. The fraction of sp³-hybridized carbons (Fsp3) is 0.647. The molecule has 0 heterocycles. The van der Waals surface area contributed by atoms with Gasteiger partial charge in [-0.25, -0.2) is 0 Å². The zero-order chi connectivity index (χ0) is 15.0. The molecule has 0 aromatic heterocycles. The van der Waals surface area contributed by atoms with Gasteiger partial charge in [-0.05, 0) is 30.9 Å². The van der Waals surface area contributed by atoms with Gasteiger partial charge in [0.15, 0.2) is 0 Å². The van der Waals surface area contributed by atoms with Crippen LogP contribution in [-0.2, 0) is 11.2 Å². The molecular weight excluding hydrogens is 250 g/mol. The average Bonchev–Trinajstić information content (AvgIpc) is 2.46. The van der Waals surface area contributed by atoms with E-state index < -0.39 is 5.60 Å². The average molecular weight is 279 g/mol. The van der Waals surface area contributed by atoms with E-state index in [1.165, 1.54) is 11.1 Å². The Balaban J connectivity index is 2.57. The van der Waals surface area contributed by atoms with Crippen molar-refractivity contribution in [3.05, 3.63) is 35.4 Å². The Morgan fingerprint density at radius 1 is 1.25 bits per heavy atom. The molecule has 20 heavy (non-hydrogen) atoms. The first kappa shape index (κ1) is 17.2. The molecule has 0 saturated heterocycles. The summed E-state index contributed by atoms with van der Waals surface area (Å²) in [4.78, 5) is 0. The lowest BCUT2D eigenvalue weighted by Gasteiger charge is -2.27. The molecule has 1 rings (SSSR count). The van der Waals surface area contributed by atoms with Gasteiger partial charge in [-0.3, -0.25) is 0 Å².